The van der Waals surface area contributed by atoms with E-state index < -0.39 is 0 Å². The Kier molecular flexibility index (Phi) is 4.85. The van der Waals surface area contributed by atoms with Crippen LogP contribution in [0.5, 0.6) is 23.0 Å². The summed E-state index contributed by atoms with van der Waals surface area (Å²) in [5, 5.41) is 4.85. The first-order valence-electron chi connectivity index (χ1n) is 14.4. The fourth-order valence-electron chi connectivity index (χ4n) is 7.01. The van der Waals surface area contributed by atoms with E-state index in [0.29, 0.717) is 0 Å². The van der Waals surface area contributed by atoms with Crippen molar-refractivity contribution in [1.29, 1.82) is 0 Å². The van der Waals surface area contributed by atoms with E-state index in [1.54, 1.807) is 0 Å². The molecule has 2 heterocycles. The van der Waals surface area contributed by atoms with Gasteiger partial charge in [0, 0.05) is 16.6 Å². The number of benzene rings is 6. The van der Waals surface area contributed by atoms with Crippen molar-refractivity contribution in [3.63, 3.8) is 0 Å². The minimum absolute atomic E-state index is 0.0164. The van der Waals surface area contributed by atoms with Crippen molar-refractivity contribution in [3.8, 4) is 34.1 Å². The molecule has 2 aliphatic heterocycles. The molecule has 6 aromatic rings. The zero-order chi connectivity index (χ0) is 26.9. The van der Waals surface area contributed by atoms with Crippen LogP contribution in [0.3, 0.4) is 0 Å². The van der Waals surface area contributed by atoms with E-state index in [9.17, 15) is 0 Å². The lowest BCUT2D eigenvalue weighted by Gasteiger charge is -2.35. The Morgan fingerprint density at radius 1 is 0.561 bits per heavy atom. The molecule has 9 rings (SSSR count). The predicted molar refractivity (Wildman–Crippen MR) is 171 cm³/mol. The molecule has 0 saturated carbocycles. The van der Waals surface area contributed by atoms with Gasteiger partial charge in [-0.15, -0.1) is 0 Å². The SMILES string of the molecule is C1=CC(c2c3c(cc4ccccc24)B2c4cc5ccccc5c(-c5ccccc5)c4Oc4cccc(c42)O3)=CCC1. The fourth-order valence-corrected chi connectivity index (χ4v) is 7.01. The normalized spacial score (nSPS) is 14.5. The average Bonchev–Trinajstić information content (AvgIpc) is 3.03. The first kappa shape index (κ1) is 22.8. The molecule has 0 saturated heterocycles. The molecule has 192 valence electrons. The van der Waals surface area contributed by atoms with Gasteiger partial charge in [0.25, 0.3) is 6.71 Å². The highest BCUT2D eigenvalue weighted by Crippen LogP contribution is 2.45. The second-order valence-electron chi connectivity index (χ2n) is 11.1. The molecule has 0 fully saturated rings. The van der Waals surface area contributed by atoms with Crippen LogP contribution in [0.25, 0.3) is 38.2 Å². The fraction of sp³-hybridized carbons (Fsp3) is 0.0526. The molecule has 2 nitrogen and oxygen atoms in total. The van der Waals surface area contributed by atoms with Crippen molar-refractivity contribution in [2.75, 3.05) is 0 Å². The molecule has 0 aromatic heterocycles. The van der Waals surface area contributed by atoms with Crippen LogP contribution in [-0.2, 0) is 0 Å². The summed E-state index contributed by atoms with van der Waals surface area (Å²) in [6.07, 6.45) is 9.01. The molecule has 1 aliphatic carbocycles. The lowest BCUT2D eigenvalue weighted by atomic mass is 9.34. The quantitative estimate of drug-likeness (QED) is 0.213. The number of rotatable bonds is 2. The van der Waals surface area contributed by atoms with Crippen LogP contribution in [0.2, 0.25) is 0 Å². The summed E-state index contributed by atoms with van der Waals surface area (Å²) in [5.41, 5.74) is 8.20. The molecule has 0 radical (unpaired) electrons. The Bertz CT molecular complexity index is 2110. The smallest absolute Gasteiger partial charge is 0.260 e. The summed E-state index contributed by atoms with van der Waals surface area (Å²) in [7, 11) is 0. The second-order valence-corrected chi connectivity index (χ2v) is 11.1. The number of ether oxygens (including phenoxy) is 2. The van der Waals surface area contributed by atoms with Gasteiger partial charge < -0.3 is 9.47 Å². The van der Waals surface area contributed by atoms with Crippen molar-refractivity contribution in [2.45, 2.75) is 12.8 Å². The Labute approximate surface area is 239 Å². The Morgan fingerprint density at radius 3 is 1.83 bits per heavy atom. The molecule has 3 heteroatoms. The highest BCUT2D eigenvalue weighted by molar-refractivity contribution is 6.98. The number of hydrogen-bond donors (Lipinski definition) is 0. The van der Waals surface area contributed by atoms with E-state index in [4.69, 9.17) is 9.47 Å². The second kappa shape index (κ2) is 8.74. The summed E-state index contributed by atoms with van der Waals surface area (Å²) in [6.45, 7) is -0.0164. The van der Waals surface area contributed by atoms with Crippen molar-refractivity contribution in [1.82, 2.24) is 0 Å². The summed E-state index contributed by atoms with van der Waals surface area (Å²) in [6, 6.07) is 38.9. The van der Waals surface area contributed by atoms with Gasteiger partial charge >= 0.3 is 0 Å². The third-order valence-corrected chi connectivity index (χ3v) is 8.77. The predicted octanol–water partition coefficient (Wildman–Crippen LogP) is 8.12. The zero-order valence-corrected chi connectivity index (χ0v) is 22.4. The van der Waals surface area contributed by atoms with Gasteiger partial charge in [-0.1, -0.05) is 115 Å². The van der Waals surface area contributed by atoms with E-state index in [0.717, 1.165) is 52.4 Å². The lowest BCUT2D eigenvalue weighted by molar-refractivity contribution is 0.465. The molecule has 0 atom stereocenters. The lowest BCUT2D eigenvalue weighted by Crippen LogP contribution is -2.57. The first-order chi connectivity index (χ1) is 20.3. The molecular weight excluding hydrogens is 499 g/mol. The third kappa shape index (κ3) is 3.33. The maximum atomic E-state index is 6.88. The van der Waals surface area contributed by atoms with Gasteiger partial charge in [-0.25, -0.2) is 0 Å². The maximum absolute atomic E-state index is 6.88. The summed E-state index contributed by atoms with van der Waals surface area (Å²) < 4.78 is 13.7. The largest absolute Gasteiger partial charge is 0.458 e. The standard InChI is InChI=1S/C38H25BO2/c1-3-12-24(13-4-1)34-28-18-9-7-16-26(28)22-30-37(34)40-32-20-11-21-33-36(32)39(30)31-23-27-17-8-10-19-29(27)35(38(31)41-33)25-14-5-2-6-15-25/h1,3-5,7-23H,2,6H2. The molecule has 6 aromatic carbocycles. The summed E-state index contributed by atoms with van der Waals surface area (Å²) in [5.74, 6) is 3.63. The summed E-state index contributed by atoms with van der Waals surface area (Å²) in [4.78, 5) is 0. The van der Waals surface area contributed by atoms with E-state index in [2.05, 4.69) is 121 Å². The van der Waals surface area contributed by atoms with Gasteiger partial charge in [-0.3, -0.25) is 0 Å². The van der Waals surface area contributed by atoms with Crippen LogP contribution < -0.4 is 25.9 Å². The van der Waals surface area contributed by atoms with Crippen LogP contribution >= 0.6 is 0 Å². The van der Waals surface area contributed by atoms with Gasteiger partial charge in [0.1, 0.15) is 23.0 Å². The van der Waals surface area contributed by atoms with Gasteiger partial charge in [0.2, 0.25) is 0 Å². The Hall–Kier alpha value is -5.02. The van der Waals surface area contributed by atoms with Crippen molar-refractivity contribution >= 4 is 50.2 Å². The first-order valence-corrected chi connectivity index (χ1v) is 14.4. The topological polar surface area (TPSA) is 18.5 Å². The van der Waals surface area contributed by atoms with Crippen LogP contribution in [-0.4, -0.2) is 6.71 Å². The van der Waals surface area contributed by atoms with Gasteiger partial charge in [-0.2, -0.15) is 0 Å². The number of fused-ring (bicyclic) bond motifs is 6. The highest BCUT2D eigenvalue weighted by Gasteiger charge is 2.42. The molecule has 0 bridgehead atoms. The van der Waals surface area contributed by atoms with Crippen molar-refractivity contribution in [2.24, 2.45) is 0 Å². The van der Waals surface area contributed by atoms with Crippen molar-refractivity contribution in [3.05, 3.63) is 133 Å². The van der Waals surface area contributed by atoms with Crippen molar-refractivity contribution < 1.29 is 9.47 Å². The average molecular weight is 524 g/mol. The minimum atomic E-state index is -0.0164. The van der Waals surface area contributed by atoms with Gasteiger partial charge in [0.05, 0.1) is 0 Å². The molecule has 0 spiro atoms. The van der Waals surface area contributed by atoms with Crippen LogP contribution in [0, 0.1) is 0 Å². The number of allylic oxidation sites excluding steroid dienone is 4. The number of hydrogen-bond acceptors (Lipinski definition) is 2. The van der Waals surface area contributed by atoms with Gasteiger partial charge in [-0.05, 0) is 68.6 Å². The van der Waals surface area contributed by atoms with Crippen LogP contribution in [0.4, 0.5) is 0 Å². The van der Waals surface area contributed by atoms with Gasteiger partial charge in [0.15, 0.2) is 0 Å². The van der Waals surface area contributed by atoms with E-state index in [-0.39, 0.29) is 6.71 Å². The molecule has 0 N–H and O–H groups in total. The van der Waals surface area contributed by atoms with Crippen LogP contribution in [0.1, 0.15) is 18.4 Å². The molecule has 0 unspecified atom stereocenters. The van der Waals surface area contributed by atoms with E-state index in [1.165, 1.54) is 43.6 Å². The summed E-state index contributed by atoms with van der Waals surface area (Å²) >= 11 is 0. The zero-order valence-electron chi connectivity index (χ0n) is 22.4. The molecule has 41 heavy (non-hydrogen) atoms. The van der Waals surface area contributed by atoms with Crippen LogP contribution in [0.15, 0.2) is 127 Å². The Balaban J connectivity index is 1.41. The Morgan fingerprint density at radius 2 is 1.17 bits per heavy atom. The third-order valence-electron chi connectivity index (χ3n) is 8.77. The monoisotopic (exact) mass is 524 g/mol. The molecule has 3 aliphatic rings. The molecular formula is C38H25BO2. The minimum Gasteiger partial charge on any atom is -0.458 e. The highest BCUT2D eigenvalue weighted by atomic mass is 16.5. The van der Waals surface area contributed by atoms with E-state index in [1.807, 2.05) is 6.07 Å². The molecule has 0 amide bonds. The van der Waals surface area contributed by atoms with E-state index >= 15 is 0 Å². The maximum Gasteiger partial charge on any atom is 0.260 e.